The lowest BCUT2D eigenvalue weighted by molar-refractivity contribution is -0.142. The van der Waals surface area contributed by atoms with E-state index < -0.39 is 21.9 Å². The highest BCUT2D eigenvalue weighted by Gasteiger charge is 2.24. The average molecular weight is 327 g/mol. The summed E-state index contributed by atoms with van der Waals surface area (Å²) in [6.07, 6.45) is 1.11. The Bertz CT molecular complexity index is 654. The number of carboxylic acids is 1. The molecule has 0 aromatic heterocycles. The maximum atomic E-state index is 12.3. The topological polar surface area (TPSA) is 92.7 Å². The van der Waals surface area contributed by atoms with Gasteiger partial charge in [0, 0.05) is 13.0 Å². The number of ether oxygens (including phenoxy) is 1. The molecule has 2 rings (SSSR count). The molecule has 0 saturated heterocycles. The van der Waals surface area contributed by atoms with Crippen molar-refractivity contribution < 1.29 is 23.1 Å². The summed E-state index contributed by atoms with van der Waals surface area (Å²) >= 11 is 0. The fraction of sp³-hybridized carbons (Fsp3) is 0.533. The molecule has 1 heterocycles. The van der Waals surface area contributed by atoms with Gasteiger partial charge in [0.1, 0.15) is 5.75 Å². The van der Waals surface area contributed by atoms with Crippen molar-refractivity contribution in [2.45, 2.75) is 31.6 Å². The molecule has 2 N–H and O–H groups in total. The Labute approximate surface area is 130 Å². The maximum absolute atomic E-state index is 12.3. The minimum Gasteiger partial charge on any atom is -0.493 e. The summed E-state index contributed by atoms with van der Waals surface area (Å²) in [6.45, 7) is 4.26. The van der Waals surface area contributed by atoms with Crippen LogP contribution < -0.4 is 9.46 Å². The van der Waals surface area contributed by atoms with Gasteiger partial charge >= 0.3 is 5.97 Å². The van der Waals surface area contributed by atoms with Crippen molar-refractivity contribution in [3.8, 4) is 5.75 Å². The molecule has 0 spiro atoms. The Morgan fingerprint density at radius 2 is 2.14 bits per heavy atom. The molecule has 0 radical (unpaired) electrons. The summed E-state index contributed by atoms with van der Waals surface area (Å²) in [5.41, 5.74) is 0.861. The zero-order chi connectivity index (χ0) is 16.3. The molecule has 1 unspecified atom stereocenters. The van der Waals surface area contributed by atoms with Gasteiger partial charge in [-0.2, -0.15) is 0 Å². The molecule has 6 nitrogen and oxygen atoms in total. The van der Waals surface area contributed by atoms with Crippen molar-refractivity contribution in [3.05, 3.63) is 23.8 Å². The third kappa shape index (κ3) is 3.98. The van der Waals surface area contributed by atoms with Crippen LogP contribution in [0, 0.1) is 11.8 Å². The number of nitrogens with one attached hydrogen (secondary N) is 1. The van der Waals surface area contributed by atoms with Crippen molar-refractivity contribution in [1.82, 2.24) is 4.72 Å². The number of carbonyl (C=O) groups is 1. The molecule has 1 atom stereocenters. The van der Waals surface area contributed by atoms with Gasteiger partial charge in [0.25, 0.3) is 0 Å². The number of fused-ring (bicyclic) bond motifs is 1. The van der Waals surface area contributed by atoms with Crippen LogP contribution in [0.5, 0.6) is 5.75 Å². The molecule has 0 bridgehead atoms. The van der Waals surface area contributed by atoms with Crippen LogP contribution in [0.1, 0.15) is 25.8 Å². The predicted octanol–water partition coefficient (Wildman–Crippen LogP) is 1.65. The van der Waals surface area contributed by atoms with Gasteiger partial charge in [-0.05, 0) is 36.1 Å². The monoisotopic (exact) mass is 327 g/mol. The van der Waals surface area contributed by atoms with Gasteiger partial charge in [0.05, 0.1) is 17.4 Å². The smallest absolute Gasteiger partial charge is 0.307 e. The number of rotatable bonds is 7. The molecule has 0 saturated carbocycles. The van der Waals surface area contributed by atoms with Crippen LogP contribution in [-0.2, 0) is 21.2 Å². The summed E-state index contributed by atoms with van der Waals surface area (Å²) in [4.78, 5) is 11.3. The van der Waals surface area contributed by atoms with Gasteiger partial charge in [0.2, 0.25) is 10.0 Å². The number of hydrogen-bond acceptors (Lipinski definition) is 4. The van der Waals surface area contributed by atoms with E-state index in [9.17, 15) is 13.2 Å². The second kappa shape index (κ2) is 6.66. The Hall–Kier alpha value is -1.60. The molecule has 122 valence electrons. The second-order valence-electron chi connectivity index (χ2n) is 5.88. The van der Waals surface area contributed by atoms with E-state index in [1.165, 1.54) is 6.07 Å². The van der Waals surface area contributed by atoms with E-state index in [1.807, 2.05) is 13.8 Å². The van der Waals surface area contributed by atoms with Gasteiger partial charge in [0.15, 0.2) is 0 Å². The van der Waals surface area contributed by atoms with Gasteiger partial charge < -0.3 is 9.84 Å². The number of hydrogen-bond donors (Lipinski definition) is 2. The molecule has 0 aliphatic carbocycles. The van der Waals surface area contributed by atoms with Crippen LogP contribution in [0.3, 0.4) is 0 Å². The molecule has 7 heteroatoms. The molecular weight excluding hydrogens is 306 g/mol. The van der Waals surface area contributed by atoms with Gasteiger partial charge in [-0.3, -0.25) is 4.79 Å². The largest absolute Gasteiger partial charge is 0.493 e. The first kappa shape index (κ1) is 16.8. The minimum absolute atomic E-state index is 0.108. The van der Waals surface area contributed by atoms with Crippen molar-refractivity contribution in [2.75, 3.05) is 13.2 Å². The first-order valence-electron chi connectivity index (χ1n) is 7.28. The summed E-state index contributed by atoms with van der Waals surface area (Å²) in [7, 11) is -3.72. The average Bonchev–Trinajstić information content (AvgIpc) is 2.90. The second-order valence-corrected chi connectivity index (χ2v) is 7.65. The van der Waals surface area contributed by atoms with Crippen molar-refractivity contribution in [1.29, 1.82) is 0 Å². The highest BCUT2D eigenvalue weighted by molar-refractivity contribution is 7.89. The maximum Gasteiger partial charge on any atom is 0.307 e. The zero-order valence-electron chi connectivity index (χ0n) is 12.7. The number of carboxylic acid groups (broad SMARTS) is 1. The zero-order valence-corrected chi connectivity index (χ0v) is 13.5. The quantitative estimate of drug-likeness (QED) is 0.794. The van der Waals surface area contributed by atoms with Gasteiger partial charge in [-0.1, -0.05) is 13.8 Å². The minimum atomic E-state index is -3.72. The Kier molecular flexibility index (Phi) is 5.08. The molecule has 1 aliphatic heterocycles. The van der Waals surface area contributed by atoms with E-state index in [0.29, 0.717) is 25.2 Å². The van der Waals surface area contributed by atoms with Crippen LogP contribution in [-0.4, -0.2) is 32.6 Å². The molecule has 1 aromatic carbocycles. The lowest BCUT2D eigenvalue weighted by Crippen LogP contribution is -2.33. The third-order valence-electron chi connectivity index (χ3n) is 3.60. The standard InChI is InChI=1S/C15H21NO5S/c1-10(2)7-12(15(17)18)9-16-22(19,20)13-3-4-14-11(8-13)5-6-21-14/h3-4,8,10,12,16H,5-7,9H2,1-2H3,(H,17,18). The van der Waals surface area contributed by atoms with Crippen molar-refractivity contribution in [2.24, 2.45) is 11.8 Å². The fourth-order valence-electron chi connectivity index (χ4n) is 2.46. The first-order chi connectivity index (χ1) is 10.3. The summed E-state index contributed by atoms with van der Waals surface area (Å²) in [5.74, 6) is -0.823. The SMILES string of the molecule is CC(C)CC(CNS(=O)(=O)c1ccc2c(c1)CCO2)C(=O)O. The van der Waals surface area contributed by atoms with E-state index in [0.717, 1.165) is 5.56 Å². The number of aliphatic carboxylic acids is 1. The van der Waals surface area contributed by atoms with E-state index in [1.54, 1.807) is 12.1 Å². The molecule has 0 amide bonds. The predicted molar refractivity (Wildman–Crippen MR) is 81.4 cm³/mol. The van der Waals surface area contributed by atoms with Crippen LogP contribution >= 0.6 is 0 Å². The summed E-state index contributed by atoms with van der Waals surface area (Å²) < 4.78 is 32.4. The van der Waals surface area contributed by atoms with Crippen LogP contribution in [0.2, 0.25) is 0 Å². The van der Waals surface area contributed by atoms with Crippen LogP contribution in [0.4, 0.5) is 0 Å². The normalized spacial score (nSPS) is 15.4. The lowest BCUT2D eigenvalue weighted by Gasteiger charge is -2.15. The number of sulfonamides is 1. The van der Waals surface area contributed by atoms with E-state index >= 15 is 0 Å². The van der Waals surface area contributed by atoms with E-state index in [2.05, 4.69) is 4.72 Å². The molecule has 22 heavy (non-hydrogen) atoms. The lowest BCUT2D eigenvalue weighted by atomic mass is 9.98. The Morgan fingerprint density at radius 1 is 1.41 bits per heavy atom. The molecular formula is C15H21NO5S. The van der Waals surface area contributed by atoms with E-state index in [4.69, 9.17) is 9.84 Å². The highest BCUT2D eigenvalue weighted by atomic mass is 32.2. The first-order valence-corrected chi connectivity index (χ1v) is 8.76. The van der Waals surface area contributed by atoms with Crippen molar-refractivity contribution >= 4 is 16.0 Å². The Balaban J connectivity index is 2.09. The van der Waals surface area contributed by atoms with Crippen molar-refractivity contribution in [3.63, 3.8) is 0 Å². The summed E-state index contributed by atoms with van der Waals surface area (Å²) in [5, 5.41) is 9.17. The van der Waals surface area contributed by atoms with Crippen LogP contribution in [0.25, 0.3) is 0 Å². The number of benzene rings is 1. The molecule has 1 aromatic rings. The summed E-state index contributed by atoms with van der Waals surface area (Å²) in [6, 6.07) is 4.70. The molecule has 0 fully saturated rings. The van der Waals surface area contributed by atoms with Crippen LogP contribution in [0.15, 0.2) is 23.1 Å². The van der Waals surface area contributed by atoms with Gasteiger partial charge in [-0.15, -0.1) is 0 Å². The highest BCUT2D eigenvalue weighted by Crippen LogP contribution is 2.27. The Morgan fingerprint density at radius 3 is 2.77 bits per heavy atom. The van der Waals surface area contributed by atoms with E-state index in [-0.39, 0.29) is 17.4 Å². The fourth-order valence-corrected chi connectivity index (χ4v) is 3.60. The third-order valence-corrected chi connectivity index (χ3v) is 5.02. The molecule has 1 aliphatic rings. The van der Waals surface area contributed by atoms with Gasteiger partial charge in [-0.25, -0.2) is 13.1 Å².